The third kappa shape index (κ3) is 5.09. The van der Waals surface area contributed by atoms with Crippen LogP contribution < -0.4 is 5.73 Å². The fourth-order valence-corrected chi connectivity index (χ4v) is 1.65. The van der Waals surface area contributed by atoms with Gasteiger partial charge >= 0.3 is 0 Å². The highest BCUT2D eigenvalue weighted by atomic mass is 79.9. The summed E-state index contributed by atoms with van der Waals surface area (Å²) in [6, 6.07) is 7.88. The van der Waals surface area contributed by atoms with Gasteiger partial charge in [-0.05, 0) is 37.1 Å². The van der Waals surface area contributed by atoms with E-state index in [4.69, 9.17) is 5.73 Å². The van der Waals surface area contributed by atoms with Crippen molar-refractivity contribution in [3.8, 4) is 0 Å². The van der Waals surface area contributed by atoms with E-state index in [0.29, 0.717) is 25.2 Å². The van der Waals surface area contributed by atoms with Crippen molar-refractivity contribution in [3.63, 3.8) is 0 Å². The Morgan fingerprint density at radius 3 is 2.47 bits per heavy atom. The Bertz CT molecular complexity index is 308. The summed E-state index contributed by atoms with van der Waals surface area (Å²) in [5.41, 5.74) is 6.45. The average molecular weight is 270 g/mol. The summed E-state index contributed by atoms with van der Waals surface area (Å²) >= 11 is 3.36. The topological polar surface area (TPSA) is 43.1 Å². The second-order valence-electron chi connectivity index (χ2n) is 3.59. The van der Waals surface area contributed by atoms with E-state index in [-0.39, 0.29) is 0 Å². The molecule has 0 amide bonds. The van der Waals surface area contributed by atoms with Crippen LogP contribution in [0.25, 0.3) is 0 Å². The van der Waals surface area contributed by atoms with Crippen molar-refractivity contribution >= 4 is 21.7 Å². The number of ketones is 1. The van der Waals surface area contributed by atoms with Crippen LogP contribution in [0.4, 0.5) is 0 Å². The average Bonchev–Trinajstić information content (AvgIpc) is 2.22. The summed E-state index contributed by atoms with van der Waals surface area (Å²) in [6.45, 7) is 0.672. The first kappa shape index (κ1) is 12.4. The molecule has 0 aliphatic carbocycles. The van der Waals surface area contributed by atoms with E-state index in [1.54, 1.807) is 0 Å². The minimum atomic E-state index is 0.297. The zero-order valence-corrected chi connectivity index (χ0v) is 10.3. The number of rotatable bonds is 6. The van der Waals surface area contributed by atoms with E-state index in [9.17, 15) is 4.79 Å². The van der Waals surface area contributed by atoms with Crippen molar-refractivity contribution in [1.82, 2.24) is 0 Å². The smallest absolute Gasteiger partial charge is 0.137 e. The van der Waals surface area contributed by atoms with Gasteiger partial charge in [-0.25, -0.2) is 0 Å². The Morgan fingerprint density at radius 1 is 1.20 bits per heavy atom. The van der Waals surface area contributed by atoms with E-state index in [1.807, 2.05) is 24.3 Å². The molecule has 0 fully saturated rings. The maximum atomic E-state index is 11.5. The Hall–Kier alpha value is -0.670. The van der Waals surface area contributed by atoms with Crippen LogP contribution >= 0.6 is 15.9 Å². The summed E-state index contributed by atoms with van der Waals surface area (Å²) in [5.74, 6) is 0.297. The maximum absolute atomic E-state index is 11.5. The van der Waals surface area contributed by atoms with Crippen LogP contribution in [0.2, 0.25) is 0 Å². The van der Waals surface area contributed by atoms with E-state index < -0.39 is 0 Å². The summed E-state index contributed by atoms with van der Waals surface area (Å²) < 4.78 is 1.04. The van der Waals surface area contributed by atoms with Gasteiger partial charge in [-0.2, -0.15) is 0 Å². The van der Waals surface area contributed by atoms with E-state index in [2.05, 4.69) is 15.9 Å². The molecule has 0 atom stereocenters. The van der Waals surface area contributed by atoms with Crippen LogP contribution in [-0.4, -0.2) is 12.3 Å². The first-order chi connectivity index (χ1) is 7.22. The van der Waals surface area contributed by atoms with Gasteiger partial charge in [0.15, 0.2) is 0 Å². The fourth-order valence-electron chi connectivity index (χ4n) is 1.38. The number of Topliss-reactive ketones (excluding diaryl/α,β-unsaturated/α-hetero) is 1. The molecule has 3 heteroatoms. The molecule has 1 aromatic carbocycles. The van der Waals surface area contributed by atoms with Crippen molar-refractivity contribution in [2.24, 2.45) is 5.73 Å². The highest BCUT2D eigenvalue weighted by Gasteiger charge is 2.03. The molecule has 2 nitrogen and oxygen atoms in total. The molecule has 0 heterocycles. The number of carbonyl (C=O) groups excluding carboxylic acids is 1. The zero-order chi connectivity index (χ0) is 11.1. The zero-order valence-electron chi connectivity index (χ0n) is 8.71. The lowest BCUT2D eigenvalue weighted by Crippen LogP contribution is -2.04. The first-order valence-electron chi connectivity index (χ1n) is 5.18. The molecule has 1 rings (SSSR count). The summed E-state index contributed by atoms with van der Waals surface area (Å²) in [7, 11) is 0. The molecule has 1 aromatic rings. The number of nitrogens with two attached hydrogens (primary N) is 1. The highest BCUT2D eigenvalue weighted by molar-refractivity contribution is 9.10. The second-order valence-corrected chi connectivity index (χ2v) is 4.50. The third-order valence-electron chi connectivity index (χ3n) is 2.22. The van der Waals surface area contributed by atoms with Gasteiger partial charge in [0.2, 0.25) is 0 Å². The number of hydrogen-bond acceptors (Lipinski definition) is 2. The van der Waals surface area contributed by atoms with Crippen LogP contribution in [0.3, 0.4) is 0 Å². The van der Waals surface area contributed by atoms with E-state index >= 15 is 0 Å². The SMILES string of the molecule is NCCCCC(=O)Cc1ccc(Br)cc1. The minimum absolute atomic E-state index is 0.297. The van der Waals surface area contributed by atoms with Gasteiger partial charge in [-0.3, -0.25) is 4.79 Å². The van der Waals surface area contributed by atoms with Crippen molar-refractivity contribution in [1.29, 1.82) is 0 Å². The van der Waals surface area contributed by atoms with Crippen LogP contribution in [-0.2, 0) is 11.2 Å². The third-order valence-corrected chi connectivity index (χ3v) is 2.75. The normalized spacial score (nSPS) is 10.3. The van der Waals surface area contributed by atoms with Crippen molar-refractivity contribution in [2.75, 3.05) is 6.54 Å². The van der Waals surface area contributed by atoms with Gasteiger partial charge < -0.3 is 5.73 Å². The Kier molecular flexibility index (Phi) is 5.58. The molecule has 0 bridgehead atoms. The lowest BCUT2D eigenvalue weighted by atomic mass is 10.1. The molecule has 0 aromatic heterocycles. The van der Waals surface area contributed by atoms with Gasteiger partial charge in [-0.1, -0.05) is 28.1 Å². The van der Waals surface area contributed by atoms with Crippen molar-refractivity contribution < 1.29 is 4.79 Å². The molecule has 15 heavy (non-hydrogen) atoms. The number of hydrogen-bond donors (Lipinski definition) is 1. The highest BCUT2D eigenvalue weighted by Crippen LogP contribution is 2.11. The molecule has 0 unspecified atom stereocenters. The van der Waals surface area contributed by atoms with Gasteiger partial charge in [0.1, 0.15) is 5.78 Å². The molecule has 0 saturated carbocycles. The first-order valence-corrected chi connectivity index (χ1v) is 5.98. The molecule has 0 radical (unpaired) electrons. The summed E-state index contributed by atoms with van der Waals surface area (Å²) in [6.07, 6.45) is 3.03. The van der Waals surface area contributed by atoms with Crippen LogP contribution in [0.5, 0.6) is 0 Å². The number of carbonyl (C=O) groups is 1. The number of halogens is 1. The Balaban J connectivity index is 2.34. The van der Waals surface area contributed by atoms with E-state index in [1.165, 1.54) is 0 Å². The fraction of sp³-hybridized carbons (Fsp3) is 0.417. The molecule has 0 aliphatic rings. The predicted octanol–water partition coefficient (Wildman–Crippen LogP) is 2.69. The molecule has 0 spiro atoms. The lowest BCUT2D eigenvalue weighted by molar-refractivity contribution is -0.118. The molecule has 0 aliphatic heterocycles. The number of benzene rings is 1. The Labute approximate surface area is 99.0 Å². The van der Waals surface area contributed by atoms with E-state index in [0.717, 1.165) is 22.9 Å². The monoisotopic (exact) mass is 269 g/mol. The Morgan fingerprint density at radius 2 is 1.87 bits per heavy atom. The van der Waals surface area contributed by atoms with Crippen molar-refractivity contribution in [3.05, 3.63) is 34.3 Å². The minimum Gasteiger partial charge on any atom is -0.330 e. The molecule has 2 N–H and O–H groups in total. The van der Waals surface area contributed by atoms with Gasteiger partial charge in [-0.15, -0.1) is 0 Å². The largest absolute Gasteiger partial charge is 0.330 e. The molecule has 82 valence electrons. The van der Waals surface area contributed by atoms with Crippen LogP contribution in [0.1, 0.15) is 24.8 Å². The maximum Gasteiger partial charge on any atom is 0.137 e. The van der Waals surface area contributed by atoms with Gasteiger partial charge in [0.05, 0.1) is 0 Å². The van der Waals surface area contributed by atoms with Crippen LogP contribution in [0, 0.1) is 0 Å². The molecular formula is C12H16BrNO. The summed E-state index contributed by atoms with van der Waals surface area (Å²) in [4.78, 5) is 11.5. The van der Waals surface area contributed by atoms with Gasteiger partial charge in [0, 0.05) is 17.3 Å². The molecular weight excluding hydrogens is 254 g/mol. The number of unbranched alkanes of at least 4 members (excludes halogenated alkanes) is 1. The second kappa shape index (κ2) is 6.75. The quantitative estimate of drug-likeness (QED) is 0.807. The van der Waals surface area contributed by atoms with Crippen molar-refractivity contribution in [2.45, 2.75) is 25.7 Å². The van der Waals surface area contributed by atoms with Gasteiger partial charge in [0.25, 0.3) is 0 Å². The lowest BCUT2D eigenvalue weighted by Gasteiger charge is -2.01. The predicted molar refractivity (Wildman–Crippen MR) is 65.8 cm³/mol. The standard InChI is InChI=1S/C12H16BrNO/c13-11-6-4-10(5-7-11)9-12(15)3-1-2-8-14/h4-7H,1-3,8-9,14H2. The summed E-state index contributed by atoms with van der Waals surface area (Å²) in [5, 5.41) is 0. The molecule has 0 saturated heterocycles. The van der Waals surface area contributed by atoms with Crippen LogP contribution in [0.15, 0.2) is 28.7 Å².